The van der Waals surface area contributed by atoms with Crippen molar-refractivity contribution in [1.82, 2.24) is 9.97 Å². The summed E-state index contributed by atoms with van der Waals surface area (Å²) in [5.74, 6) is 0.546. The Morgan fingerprint density at radius 1 is 1.42 bits per heavy atom. The quantitative estimate of drug-likeness (QED) is 0.440. The second-order valence-corrected chi connectivity index (χ2v) is 4.18. The molecule has 1 heterocycles. The fourth-order valence-corrected chi connectivity index (χ4v) is 1.48. The number of aromatic nitrogens is 2. The number of nitro groups is 1. The van der Waals surface area contributed by atoms with Crippen molar-refractivity contribution in [2.45, 2.75) is 26.9 Å². The molecular formula is C11H19N5O3. The molecule has 0 saturated carbocycles. The maximum atomic E-state index is 11.0. The van der Waals surface area contributed by atoms with Gasteiger partial charge in [-0.3, -0.25) is 10.1 Å². The summed E-state index contributed by atoms with van der Waals surface area (Å²) in [4.78, 5) is 18.6. The SMILES string of the molecule is CNc1nc(C)c([N+](=O)[O-])c(NCCOC(C)C)n1. The first kappa shape index (κ1) is 15.1. The molecule has 1 aromatic rings. The molecule has 0 aliphatic heterocycles. The zero-order valence-corrected chi connectivity index (χ0v) is 11.6. The predicted molar refractivity (Wildman–Crippen MR) is 72.5 cm³/mol. The van der Waals surface area contributed by atoms with E-state index in [4.69, 9.17) is 4.74 Å². The van der Waals surface area contributed by atoms with E-state index in [9.17, 15) is 10.1 Å². The van der Waals surface area contributed by atoms with Crippen LogP contribution in [0.15, 0.2) is 0 Å². The topological polar surface area (TPSA) is 102 Å². The van der Waals surface area contributed by atoms with Crippen molar-refractivity contribution in [3.05, 3.63) is 15.8 Å². The molecule has 1 aromatic heterocycles. The van der Waals surface area contributed by atoms with E-state index in [0.717, 1.165) is 0 Å². The van der Waals surface area contributed by atoms with Gasteiger partial charge in [0.2, 0.25) is 11.8 Å². The van der Waals surface area contributed by atoms with Crippen LogP contribution in [0.5, 0.6) is 0 Å². The van der Waals surface area contributed by atoms with Crippen LogP contribution in [0.1, 0.15) is 19.5 Å². The normalized spacial score (nSPS) is 10.6. The van der Waals surface area contributed by atoms with Crippen molar-refractivity contribution in [3.8, 4) is 0 Å². The number of nitrogens with one attached hydrogen (secondary N) is 2. The summed E-state index contributed by atoms with van der Waals surface area (Å²) < 4.78 is 5.36. The highest BCUT2D eigenvalue weighted by atomic mass is 16.6. The van der Waals surface area contributed by atoms with Crippen LogP contribution in [-0.2, 0) is 4.74 Å². The van der Waals surface area contributed by atoms with Crippen molar-refractivity contribution in [2.75, 3.05) is 30.8 Å². The first-order valence-corrected chi connectivity index (χ1v) is 6.02. The molecule has 0 bridgehead atoms. The third-order valence-corrected chi connectivity index (χ3v) is 2.31. The average molecular weight is 269 g/mol. The first-order valence-electron chi connectivity index (χ1n) is 6.02. The van der Waals surface area contributed by atoms with E-state index in [1.165, 1.54) is 0 Å². The van der Waals surface area contributed by atoms with Gasteiger partial charge >= 0.3 is 5.69 Å². The summed E-state index contributed by atoms with van der Waals surface area (Å²) >= 11 is 0. The first-order chi connectivity index (χ1) is 8.95. The van der Waals surface area contributed by atoms with Crippen molar-refractivity contribution in [3.63, 3.8) is 0 Å². The molecular weight excluding hydrogens is 250 g/mol. The van der Waals surface area contributed by atoms with Crippen LogP contribution in [-0.4, -0.2) is 41.2 Å². The van der Waals surface area contributed by atoms with Gasteiger partial charge in [0, 0.05) is 13.6 Å². The van der Waals surface area contributed by atoms with Gasteiger partial charge in [0.25, 0.3) is 0 Å². The number of anilines is 2. The monoisotopic (exact) mass is 269 g/mol. The van der Waals surface area contributed by atoms with E-state index in [-0.39, 0.29) is 17.6 Å². The summed E-state index contributed by atoms with van der Waals surface area (Å²) in [7, 11) is 1.66. The number of hydrogen-bond donors (Lipinski definition) is 2. The lowest BCUT2D eigenvalue weighted by molar-refractivity contribution is -0.385. The largest absolute Gasteiger partial charge is 0.377 e. The highest BCUT2D eigenvalue weighted by Crippen LogP contribution is 2.26. The summed E-state index contributed by atoms with van der Waals surface area (Å²) in [6.45, 7) is 6.33. The van der Waals surface area contributed by atoms with E-state index in [0.29, 0.717) is 24.8 Å². The fourth-order valence-electron chi connectivity index (χ4n) is 1.48. The summed E-state index contributed by atoms with van der Waals surface area (Å²) in [5, 5.41) is 16.7. The van der Waals surface area contributed by atoms with Crippen molar-refractivity contribution in [1.29, 1.82) is 0 Å². The molecule has 19 heavy (non-hydrogen) atoms. The molecule has 2 N–H and O–H groups in total. The molecule has 0 radical (unpaired) electrons. The molecule has 0 saturated heterocycles. The molecule has 8 heteroatoms. The number of aryl methyl sites for hydroxylation is 1. The molecule has 0 atom stereocenters. The van der Waals surface area contributed by atoms with Crippen LogP contribution < -0.4 is 10.6 Å². The van der Waals surface area contributed by atoms with Crippen LogP contribution in [0.3, 0.4) is 0 Å². The van der Waals surface area contributed by atoms with Gasteiger partial charge in [-0.05, 0) is 20.8 Å². The van der Waals surface area contributed by atoms with Crippen LogP contribution in [0.2, 0.25) is 0 Å². The molecule has 0 fully saturated rings. The van der Waals surface area contributed by atoms with Gasteiger partial charge in [-0.15, -0.1) is 0 Å². The standard InChI is InChI=1S/C11H19N5O3/c1-7(2)19-6-5-13-10-9(16(17)18)8(3)14-11(12-4)15-10/h7H,5-6H2,1-4H3,(H2,12,13,14,15). The zero-order valence-electron chi connectivity index (χ0n) is 11.6. The Morgan fingerprint density at radius 2 is 2.11 bits per heavy atom. The summed E-state index contributed by atoms with van der Waals surface area (Å²) in [6, 6.07) is 0. The number of nitrogens with zero attached hydrogens (tertiary/aromatic N) is 3. The molecule has 106 valence electrons. The van der Waals surface area contributed by atoms with Crippen LogP contribution in [0.25, 0.3) is 0 Å². The van der Waals surface area contributed by atoms with Gasteiger partial charge < -0.3 is 15.4 Å². The lowest BCUT2D eigenvalue weighted by atomic mass is 10.3. The van der Waals surface area contributed by atoms with E-state index < -0.39 is 4.92 Å². The Morgan fingerprint density at radius 3 is 2.63 bits per heavy atom. The third-order valence-electron chi connectivity index (χ3n) is 2.31. The summed E-state index contributed by atoms with van der Waals surface area (Å²) in [5.41, 5.74) is 0.208. The Kier molecular flexibility index (Phi) is 5.43. The van der Waals surface area contributed by atoms with E-state index >= 15 is 0 Å². The molecule has 0 amide bonds. The second kappa shape index (κ2) is 6.83. The van der Waals surface area contributed by atoms with Gasteiger partial charge in [0.05, 0.1) is 17.6 Å². The fraction of sp³-hybridized carbons (Fsp3) is 0.636. The predicted octanol–water partition coefficient (Wildman–Crippen LogP) is 1.57. The van der Waals surface area contributed by atoms with E-state index in [1.54, 1.807) is 14.0 Å². The highest BCUT2D eigenvalue weighted by molar-refractivity contribution is 5.60. The van der Waals surface area contributed by atoms with Crippen molar-refractivity contribution >= 4 is 17.5 Å². The highest BCUT2D eigenvalue weighted by Gasteiger charge is 2.21. The van der Waals surface area contributed by atoms with Crippen LogP contribution >= 0.6 is 0 Å². The maximum Gasteiger partial charge on any atom is 0.332 e. The van der Waals surface area contributed by atoms with Gasteiger partial charge in [0.1, 0.15) is 5.69 Å². The van der Waals surface area contributed by atoms with Gasteiger partial charge in [-0.2, -0.15) is 4.98 Å². The van der Waals surface area contributed by atoms with Crippen molar-refractivity contribution < 1.29 is 9.66 Å². The number of hydrogen-bond acceptors (Lipinski definition) is 7. The van der Waals surface area contributed by atoms with Crippen molar-refractivity contribution in [2.24, 2.45) is 0 Å². The molecule has 0 unspecified atom stereocenters. The molecule has 0 aliphatic carbocycles. The van der Waals surface area contributed by atoms with E-state index in [1.807, 2.05) is 13.8 Å². The molecule has 1 rings (SSSR count). The van der Waals surface area contributed by atoms with Gasteiger partial charge in [0.15, 0.2) is 0 Å². The minimum atomic E-state index is -0.486. The zero-order chi connectivity index (χ0) is 14.4. The number of ether oxygens (including phenoxy) is 1. The van der Waals surface area contributed by atoms with Crippen LogP contribution in [0, 0.1) is 17.0 Å². The third kappa shape index (κ3) is 4.32. The lowest BCUT2D eigenvalue weighted by Gasteiger charge is -2.11. The molecule has 0 aromatic carbocycles. The molecule has 0 aliphatic rings. The molecule has 8 nitrogen and oxygen atoms in total. The second-order valence-electron chi connectivity index (χ2n) is 4.18. The molecule has 0 spiro atoms. The Bertz CT molecular complexity index is 450. The minimum absolute atomic E-state index is 0.108. The summed E-state index contributed by atoms with van der Waals surface area (Å²) in [6.07, 6.45) is 0.122. The van der Waals surface area contributed by atoms with E-state index in [2.05, 4.69) is 20.6 Å². The smallest absolute Gasteiger partial charge is 0.332 e. The van der Waals surface area contributed by atoms with Gasteiger partial charge in [-0.1, -0.05) is 0 Å². The average Bonchev–Trinajstić information content (AvgIpc) is 2.33. The number of rotatable bonds is 7. The maximum absolute atomic E-state index is 11.0. The Balaban J connectivity index is 2.84. The minimum Gasteiger partial charge on any atom is -0.377 e. The van der Waals surface area contributed by atoms with Gasteiger partial charge in [-0.25, -0.2) is 4.98 Å². The Labute approximate surface area is 111 Å². The van der Waals surface area contributed by atoms with Crippen LogP contribution in [0.4, 0.5) is 17.5 Å². The Hall–Kier alpha value is -1.96. The lowest BCUT2D eigenvalue weighted by Crippen LogP contribution is -2.16.